The lowest BCUT2D eigenvalue weighted by Crippen LogP contribution is -2.42. The van der Waals surface area contributed by atoms with E-state index in [1.165, 1.54) is 47.0 Å². The predicted octanol–water partition coefficient (Wildman–Crippen LogP) is 4.25. The molecular formula is C25H28ClN3O5S2. The van der Waals surface area contributed by atoms with Crippen LogP contribution in [0.3, 0.4) is 0 Å². The summed E-state index contributed by atoms with van der Waals surface area (Å²) < 4.78 is 35.1. The number of halogens is 1. The van der Waals surface area contributed by atoms with Gasteiger partial charge in [0.25, 0.3) is 5.91 Å². The number of carbonyl (C=O) groups excluding carboxylic acids is 2. The van der Waals surface area contributed by atoms with Gasteiger partial charge < -0.3 is 9.30 Å². The fraction of sp³-hybridized carbons (Fsp3) is 0.400. The van der Waals surface area contributed by atoms with Gasteiger partial charge in [0.2, 0.25) is 10.0 Å². The summed E-state index contributed by atoms with van der Waals surface area (Å²) in [7, 11) is -2.36. The zero-order valence-corrected chi connectivity index (χ0v) is 22.9. The average Bonchev–Trinajstić information content (AvgIpc) is 3.18. The zero-order chi connectivity index (χ0) is 26.2. The highest BCUT2D eigenvalue weighted by molar-refractivity contribution is 7.89. The molecular weight excluding hydrogens is 522 g/mol. The molecule has 0 aliphatic carbocycles. The Morgan fingerprint density at radius 3 is 2.36 bits per heavy atom. The fourth-order valence-electron chi connectivity index (χ4n) is 4.61. The normalized spacial score (nSPS) is 19.5. The van der Waals surface area contributed by atoms with Gasteiger partial charge in [-0.1, -0.05) is 36.8 Å². The first-order chi connectivity index (χ1) is 17.0. The molecule has 2 atom stereocenters. The molecule has 192 valence electrons. The van der Waals surface area contributed by atoms with Crippen LogP contribution < -0.4 is 4.80 Å². The third-order valence-corrected chi connectivity index (χ3v) is 9.62. The number of benzene rings is 2. The van der Waals surface area contributed by atoms with Crippen LogP contribution in [0.5, 0.6) is 0 Å². The van der Waals surface area contributed by atoms with E-state index in [4.69, 9.17) is 16.3 Å². The minimum absolute atomic E-state index is 0.131. The van der Waals surface area contributed by atoms with Crippen molar-refractivity contribution in [1.82, 2.24) is 8.87 Å². The van der Waals surface area contributed by atoms with Crippen molar-refractivity contribution in [1.29, 1.82) is 0 Å². The van der Waals surface area contributed by atoms with Crippen LogP contribution in [0.1, 0.15) is 36.2 Å². The van der Waals surface area contributed by atoms with Crippen LogP contribution in [0.2, 0.25) is 5.02 Å². The Morgan fingerprint density at radius 2 is 1.75 bits per heavy atom. The van der Waals surface area contributed by atoms with Crippen molar-refractivity contribution in [2.75, 3.05) is 20.2 Å². The number of nitrogens with zero attached hydrogens (tertiary/aromatic N) is 3. The standard InChI is InChI=1S/C25H28ClN3O5S2/c1-15-11-16(2)13-28(12-15)36(32,33)19-7-5-18(6-8-19)24(31)27-25-29(14-22(30)34-4)23-17(3)20(26)9-10-21(23)35-25/h5-10,15-16H,11-14H2,1-4H3. The lowest BCUT2D eigenvalue weighted by atomic mass is 9.94. The maximum atomic E-state index is 13.1. The maximum absolute atomic E-state index is 13.1. The molecule has 0 bridgehead atoms. The molecule has 8 nitrogen and oxygen atoms in total. The quantitative estimate of drug-likeness (QED) is 0.443. The molecule has 1 saturated heterocycles. The second kappa shape index (κ2) is 10.5. The Labute approximate surface area is 219 Å². The zero-order valence-electron chi connectivity index (χ0n) is 20.5. The summed E-state index contributed by atoms with van der Waals surface area (Å²) in [5.41, 5.74) is 1.71. The number of thiazole rings is 1. The lowest BCUT2D eigenvalue weighted by Gasteiger charge is -2.34. The van der Waals surface area contributed by atoms with Crippen molar-refractivity contribution < 1.29 is 22.7 Å². The molecule has 2 aromatic carbocycles. The van der Waals surface area contributed by atoms with E-state index in [0.29, 0.717) is 40.3 Å². The summed E-state index contributed by atoms with van der Waals surface area (Å²) in [6, 6.07) is 9.39. The van der Waals surface area contributed by atoms with E-state index in [-0.39, 0.29) is 17.0 Å². The van der Waals surface area contributed by atoms with Crippen LogP contribution in [0.4, 0.5) is 0 Å². The number of hydrogen-bond acceptors (Lipinski definition) is 6. The van der Waals surface area contributed by atoms with Gasteiger partial charge in [-0.15, -0.1) is 0 Å². The number of aromatic nitrogens is 1. The minimum Gasteiger partial charge on any atom is -0.468 e. The first kappa shape index (κ1) is 26.5. The van der Waals surface area contributed by atoms with Gasteiger partial charge in [0.1, 0.15) is 6.54 Å². The molecule has 3 aromatic rings. The van der Waals surface area contributed by atoms with Crippen molar-refractivity contribution in [3.8, 4) is 0 Å². The van der Waals surface area contributed by atoms with Gasteiger partial charge in [0.05, 0.1) is 22.2 Å². The summed E-state index contributed by atoms with van der Waals surface area (Å²) in [6.07, 6.45) is 1.00. The van der Waals surface area contributed by atoms with E-state index in [9.17, 15) is 18.0 Å². The van der Waals surface area contributed by atoms with Gasteiger partial charge in [0, 0.05) is 23.7 Å². The first-order valence-electron chi connectivity index (χ1n) is 11.6. The third kappa shape index (κ3) is 5.27. The van der Waals surface area contributed by atoms with Crippen molar-refractivity contribution in [3.05, 3.63) is 57.3 Å². The van der Waals surface area contributed by atoms with Crippen LogP contribution >= 0.6 is 22.9 Å². The number of carbonyl (C=O) groups is 2. The second-order valence-corrected chi connectivity index (χ2v) is 12.6. The number of fused-ring (bicyclic) bond motifs is 1. The Kier molecular flexibility index (Phi) is 7.70. The number of rotatable bonds is 5. The van der Waals surface area contributed by atoms with E-state index in [1.54, 1.807) is 10.6 Å². The molecule has 0 spiro atoms. The highest BCUT2D eigenvalue weighted by Crippen LogP contribution is 2.28. The van der Waals surface area contributed by atoms with Crippen LogP contribution in [0.15, 0.2) is 46.3 Å². The molecule has 1 aliphatic rings. The molecule has 0 radical (unpaired) electrons. The minimum atomic E-state index is -3.65. The van der Waals surface area contributed by atoms with Crippen molar-refractivity contribution in [2.24, 2.45) is 16.8 Å². The van der Waals surface area contributed by atoms with Gasteiger partial charge in [0.15, 0.2) is 4.80 Å². The highest BCUT2D eigenvalue weighted by atomic mass is 35.5. The topological polar surface area (TPSA) is 98.0 Å². The smallest absolute Gasteiger partial charge is 0.325 e. The van der Waals surface area contributed by atoms with E-state index >= 15 is 0 Å². The first-order valence-corrected chi connectivity index (χ1v) is 14.2. The summed E-state index contributed by atoms with van der Waals surface area (Å²) in [5, 5.41) is 0.533. The van der Waals surface area contributed by atoms with Gasteiger partial charge in [-0.3, -0.25) is 9.59 Å². The van der Waals surface area contributed by atoms with Gasteiger partial charge >= 0.3 is 5.97 Å². The van der Waals surface area contributed by atoms with Gasteiger partial charge in [-0.25, -0.2) is 8.42 Å². The Hall–Kier alpha value is -2.53. The van der Waals surface area contributed by atoms with Crippen molar-refractivity contribution in [2.45, 2.75) is 38.6 Å². The van der Waals surface area contributed by atoms with E-state index < -0.39 is 21.9 Å². The molecule has 0 saturated carbocycles. The van der Waals surface area contributed by atoms with Crippen LogP contribution in [-0.2, 0) is 26.1 Å². The number of amides is 1. The fourth-order valence-corrected chi connectivity index (χ4v) is 7.53. The number of piperidine rings is 1. The SMILES string of the molecule is COC(=O)Cn1c(=NC(=O)c2ccc(S(=O)(=O)N3CC(C)CC(C)C3)cc2)sc2ccc(Cl)c(C)c21. The molecule has 1 aromatic heterocycles. The van der Waals surface area contributed by atoms with Crippen LogP contribution in [0.25, 0.3) is 10.2 Å². The monoisotopic (exact) mass is 549 g/mol. The number of methoxy groups -OCH3 is 1. The van der Waals surface area contributed by atoms with E-state index in [2.05, 4.69) is 18.8 Å². The van der Waals surface area contributed by atoms with E-state index in [0.717, 1.165) is 16.7 Å². The Morgan fingerprint density at radius 1 is 1.11 bits per heavy atom. The molecule has 36 heavy (non-hydrogen) atoms. The number of aryl methyl sites for hydroxylation is 1. The summed E-state index contributed by atoms with van der Waals surface area (Å²) >= 11 is 7.54. The number of sulfonamides is 1. The molecule has 0 N–H and O–H groups in total. The summed E-state index contributed by atoms with van der Waals surface area (Å²) in [4.78, 5) is 29.8. The predicted molar refractivity (Wildman–Crippen MR) is 140 cm³/mol. The number of esters is 1. The molecule has 1 fully saturated rings. The number of ether oxygens (including phenoxy) is 1. The summed E-state index contributed by atoms with van der Waals surface area (Å²) in [5.74, 6) is -0.452. The Bertz CT molecular complexity index is 1480. The molecule has 11 heteroatoms. The van der Waals surface area contributed by atoms with E-state index in [1.807, 2.05) is 13.0 Å². The van der Waals surface area contributed by atoms with Crippen LogP contribution in [-0.4, -0.2) is 49.4 Å². The molecule has 1 aliphatic heterocycles. The molecule has 4 rings (SSSR count). The number of hydrogen-bond donors (Lipinski definition) is 0. The second-order valence-electron chi connectivity index (χ2n) is 9.28. The molecule has 2 heterocycles. The average molecular weight is 550 g/mol. The summed E-state index contributed by atoms with van der Waals surface area (Å²) in [6.45, 7) is 6.78. The van der Waals surface area contributed by atoms with Gasteiger partial charge in [-0.2, -0.15) is 9.30 Å². The van der Waals surface area contributed by atoms with Crippen molar-refractivity contribution >= 4 is 55.1 Å². The third-order valence-electron chi connectivity index (χ3n) is 6.32. The largest absolute Gasteiger partial charge is 0.468 e. The van der Waals surface area contributed by atoms with Crippen molar-refractivity contribution in [3.63, 3.8) is 0 Å². The highest BCUT2D eigenvalue weighted by Gasteiger charge is 2.31. The Balaban J connectivity index is 1.68. The van der Waals surface area contributed by atoms with Crippen LogP contribution in [0, 0.1) is 18.8 Å². The van der Waals surface area contributed by atoms with Gasteiger partial charge in [-0.05, 0) is 67.1 Å². The maximum Gasteiger partial charge on any atom is 0.325 e. The molecule has 2 unspecified atom stereocenters. The molecule has 1 amide bonds. The lowest BCUT2D eigenvalue weighted by molar-refractivity contribution is -0.141.